The fourth-order valence-electron chi connectivity index (χ4n) is 4.60. The van der Waals surface area contributed by atoms with Gasteiger partial charge in [0.1, 0.15) is 0 Å². The predicted molar refractivity (Wildman–Crippen MR) is 107 cm³/mol. The summed E-state index contributed by atoms with van der Waals surface area (Å²) in [5.74, 6) is 0. The van der Waals surface area contributed by atoms with Crippen molar-refractivity contribution in [2.45, 2.75) is 37.4 Å². The fraction of sp³-hybridized carbons (Fsp3) is 0.364. The first kappa shape index (κ1) is 18.5. The Morgan fingerprint density at radius 3 is 2.18 bits per heavy atom. The van der Waals surface area contributed by atoms with E-state index in [2.05, 4.69) is 0 Å². The topological polar surface area (TPSA) is 64.1 Å². The van der Waals surface area contributed by atoms with E-state index in [4.69, 9.17) is 0 Å². The molecule has 0 radical (unpaired) electrons. The lowest BCUT2D eigenvalue weighted by atomic mass is 10.0. The van der Waals surface area contributed by atoms with Gasteiger partial charge in [0, 0.05) is 19.2 Å². The zero-order valence-corrected chi connectivity index (χ0v) is 15.7. The van der Waals surface area contributed by atoms with E-state index in [0.29, 0.717) is 13.0 Å². The van der Waals surface area contributed by atoms with Crippen molar-refractivity contribution in [3.05, 3.63) is 60.7 Å². The van der Waals surface area contributed by atoms with E-state index in [0.717, 1.165) is 30.6 Å². The number of para-hydroxylation sites is 2. The Morgan fingerprint density at radius 1 is 1.04 bits per heavy atom. The van der Waals surface area contributed by atoms with E-state index >= 15 is 0 Å². The third-order valence-corrected chi connectivity index (χ3v) is 5.86. The number of piperazine rings is 1. The number of carbonyl (C=O) groups is 2. The molecule has 2 aromatic carbocycles. The number of nitrogens with zero attached hydrogens (tertiary/aromatic N) is 3. The molecule has 0 saturated carbocycles. The molecule has 146 valence electrons. The number of aliphatic hydroxyl groups excluding tert-OH is 1. The summed E-state index contributed by atoms with van der Waals surface area (Å²) in [5.41, 5.74) is 1.60. The highest BCUT2D eigenvalue weighted by Crippen LogP contribution is 2.36. The van der Waals surface area contributed by atoms with Crippen LogP contribution in [0.5, 0.6) is 0 Å². The summed E-state index contributed by atoms with van der Waals surface area (Å²) in [7, 11) is 0. The van der Waals surface area contributed by atoms with Crippen LogP contribution in [0.3, 0.4) is 0 Å². The first-order valence-electron chi connectivity index (χ1n) is 9.79. The summed E-state index contributed by atoms with van der Waals surface area (Å²) in [4.78, 5) is 30.8. The lowest BCUT2D eigenvalue weighted by Crippen LogP contribution is -2.62. The molecule has 6 heteroatoms. The normalized spacial score (nSPS) is 23.5. The number of benzene rings is 2. The van der Waals surface area contributed by atoms with Gasteiger partial charge in [0.2, 0.25) is 6.41 Å². The molecule has 2 unspecified atom stereocenters. The molecule has 0 spiro atoms. The molecule has 3 atom stereocenters. The van der Waals surface area contributed by atoms with Crippen LogP contribution in [0.15, 0.2) is 60.7 Å². The molecule has 28 heavy (non-hydrogen) atoms. The predicted octanol–water partition coefficient (Wildman–Crippen LogP) is 3.00. The van der Waals surface area contributed by atoms with Gasteiger partial charge < -0.3 is 14.9 Å². The number of hydrogen-bond acceptors (Lipinski definition) is 3. The Bertz CT molecular complexity index is 775. The van der Waals surface area contributed by atoms with Gasteiger partial charge in [-0.3, -0.25) is 9.69 Å². The number of carbonyl (C=O) groups excluding carboxylic acids is 2. The second-order valence-corrected chi connectivity index (χ2v) is 7.37. The van der Waals surface area contributed by atoms with Crippen molar-refractivity contribution < 1.29 is 14.7 Å². The van der Waals surface area contributed by atoms with Crippen LogP contribution >= 0.6 is 0 Å². The standard InChI is InChI=1S/C22H25N3O3/c26-14-13-21-20-12-11-19(24(20)16-27)15-23(21)22(28)25(17-7-3-1-4-8-17)18-9-5-2-6-10-18/h1-10,16,19-21,26H,11-15H2/t19?,20?,21-/m1/s1. The summed E-state index contributed by atoms with van der Waals surface area (Å²) >= 11 is 0. The number of fused-ring (bicyclic) bond motifs is 2. The molecule has 2 aliphatic rings. The van der Waals surface area contributed by atoms with Crippen LogP contribution in [-0.4, -0.2) is 58.6 Å². The number of urea groups is 1. The van der Waals surface area contributed by atoms with Crippen molar-refractivity contribution in [2.75, 3.05) is 18.1 Å². The largest absolute Gasteiger partial charge is 0.396 e. The third-order valence-electron chi connectivity index (χ3n) is 5.86. The highest BCUT2D eigenvalue weighted by Gasteiger charge is 2.48. The molecule has 2 fully saturated rings. The zero-order chi connectivity index (χ0) is 19.5. The van der Waals surface area contributed by atoms with E-state index < -0.39 is 0 Å². The Hall–Kier alpha value is -2.86. The van der Waals surface area contributed by atoms with Crippen LogP contribution in [0.1, 0.15) is 19.3 Å². The van der Waals surface area contributed by atoms with Crippen LogP contribution in [0.2, 0.25) is 0 Å². The maximum atomic E-state index is 13.8. The minimum atomic E-state index is -0.184. The molecule has 3 amide bonds. The van der Waals surface area contributed by atoms with Crippen LogP contribution in [0.25, 0.3) is 0 Å². The molecule has 6 nitrogen and oxygen atoms in total. The van der Waals surface area contributed by atoms with Gasteiger partial charge in [0.15, 0.2) is 0 Å². The number of hydrogen-bond donors (Lipinski definition) is 1. The Labute approximate surface area is 165 Å². The van der Waals surface area contributed by atoms with Crippen molar-refractivity contribution in [2.24, 2.45) is 0 Å². The van der Waals surface area contributed by atoms with Gasteiger partial charge in [0.25, 0.3) is 0 Å². The Balaban J connectivity index is 1.71. The molecule has 2 aromatic rings. The molecule has 1 N–H and O–H groups in total. The van der Waals surface area contributed by atoms with Crippen molar-refractivity contribution in [1.29, 1.82) is 0 Å². The molecule has 0 aromatic heterocycles. The van der Waals surface area contributed by atoms with Gasteiger partial charge in [-0.25, -0.2) is 4.79 Å². The van der Waals surface area contributed by atoms with Gasteiger partial charge in [0.05, 0.1) is 23.5 Å². The van der Waals surface area contributed by atoms with Crippen molar-refractivity contribution in [1.82, 2.24) is 9.80 Å². The van der Waals surface area contributed by atoms with Crippen molar-refractivity contribution in [3.63, 3.8) is 0 Å². The monoisotopic (exact) mass is 379 g/mol. The maximum Gasteiger partial charge on any atom is 0.329 e. The first-order chi connectivity index (χ1) is 13.7. The van der Waals surface area contributed by atoms with Crippen molar-refractivity contribution >= 4 is 23.8 Å². The maximum absolute atomic E-state index is 13.8. The van der Waals surface area contributed by atoms with Crippen LogP contribution < -0.4 is 4.90 Å². The second kappa shape index (κ2) is 8.02. The number of likely N-dealkylation sites (tertiary alicyclic amines) is 1. The van der Waals surface area contributed by atoms with E-state index in [1.165, 1.54) is 0 Å². The van der Waals surface area contributed by atoms with E-state index in [1.54, 1.807) is 4.90 Å². The molecule has 4 rings (SSSR count). The van der Waals surface area contributed by atoms with Crippen LogP contribution in [0, 0.1) is 0 Å². The number of aliphatic hydroxyl groups is 1. The second-order valence-electron chi connectivity index (χ2n) is 7.37. The number of rotatable bonds is 5. The van der Waals surface area contributed by atoms with E-state index in [9.17, 15) is 14.7 Å². The van der Waals surface area contributed by atoms with Crippen molar-refractivity contribution in [3.8, 4) is 0 Å². The summed E-state index contributed by atoms with van der Waals surface area (Å²) in [6.07, 6.45) is 3.13. The van der Waals surface area contributed by atoms with Gasteiger partial charge in [-0.1, -0.05) is 36.4 Å². The average molecular weight is 379 g/mol. The lowest BCUT2D eigenvalue weighted by molar-refractivity contribution is -0.124. The zero-order valence-electron chi connectivity index (χ0n) is 15.7. The third kappa shape index (κ3) is 3.24. The summed E-state index contributed by atoms with van der Waals surface area (Å²) in [5, 5.41) is 9.62. The smallest absolute Gasteiger partial charge is 0.329 e. The molecule has 0 aliphatic carbocycles. The number of amides is 3. The summed E-state index contributed by atoms with van der Waals surface area (Å²) in [6.45, 7) is 0.480. The summed E-state index contributed by atoms with van der Waals surface area (Å²) < 4.78 is 0. The molecule has 2 heterocycles. The van der Waals surface area contributed by atoms with Gasteiger partial charge in [-0.2, -0.15) is 0 Å². The van der Waals surface area contributed by atoms with Crippen LogP contribution in [-0.2, 0) is 4.79 Å². The molecule has 2 aliphatic heterocycles. The average Bonchev–Trinajstić information content (AvgIpc) is 3.05. The van der Waals surface area contributed by atoms with Gasteiger partial charge >= 0.3 is 6.03 Å². The SMILES string of the molecule is O=CN1C2CCC1[C@@H](CCO)N(C(=O)N(c1ccccc1)c1ccccc1)C2. The quantitative estimate of drug-likeness (QED) is 0.813. The Kier molecular flexibility index (Phi) is 5.30. The van der Waals surface area contributed by atoms with E-state index in [-0.39, 0.29) is 30.8 Å². The van der Waals surface area contributed by atoms with Gasteiger partial charge in [-0.05, 0) is 43.5 Å². The minimum Gasteiger partial charge on any atom is -0.396 e. The summed E-state index contributed by atoms with van der Waals surface area (Å²) in [6, 6.07) is 18.9. The van der Waals surface area contributed by atoms with E-state index in [1.807, 2.05) is 70.5 Å². The first-order valence-corrected chi connectivity index (χ1v) is 9.79. The molecule has 2 saturated heterocycles. The van der Waals surface area contributed by atoms with Gasteiger partial charge in [-0.15, -0.1) is 0 Å². The molecular formula is C22H25N3O3. The highest BCUT2D eigenvalue weighted by molar-refractivity contribution is 5.99. The highest BCUT2D eigenvalue weighted by atomic mass is 16.3. The molecule has 2 bridgehead atoms. The minimum absolute atomic E-state index is 0.0149. The molecular weight excluding hydrogens is 354 g/mol. The fourth-order valence-corrected chi connectivity index (χ4v) is 4.60. The van der Waals surface area contributed by atoms with Crippen LogP contribution in [0.4, 0.5) is 16.2 Å². The lowest BCUT2D eigenvalue weighted by Gasteiger charge is -2.46. The Morgan fingerprint density at radius 2 is 1.64 bits per heavy atom. The number of anilines is 2.